The van der Waals surface area contributed by atoms with Gasteiger partial charge in [0.15, 0.2) is 12.4 Å². The number of hydrogen-bond donors (Lipinski definition) is 1. The number of carbonyl (C=O) groups excluding carboxylic acids is 2. The first-order valence-corrected chi connectivity index (χ1v) is 7.22. The third kappa shape index (κ3) is 2.52. The molecule has 2 aliphatic rings. The van der Waals surface area contributed by atoms with E-state index < -0.39 is 0 Å². The van der Waals surface area contributed by atoms with E-state index in [2.05, 4.69) is 21.2 Å². The van der Waals surface area contributed by atoms with Gasteiger partial charge >= 0.3 is 0 Å². The lowest BCUT2D eigenvalue weighted by Gasteiger charge is -2.25. The number of carbonyl (C=O) groups is 2. The number of rotatable bonds is 3. The Morgan fingerprint density at radius 2 is 2.21 bits per heavy atom. The van der Waals surface area contributed by atoms with Crippen LogP contribution in [0.2, 0.25) is 0 Å². The van der Waals surface area contributed by atoms with Crippen LogP contribution in [0.15, 0.2) is 16.6 Å². The zero-order chi connectivity index (χ0) is 13.4. The van der Waals surface area contributed by atoms with Gasteiger partial charge < -0.3 is 10.1 Å². The van der Waals surface area contributed by atoms with E-state index in [4.69, 9.17) is 4.74 Å². The van der Waals surface area contributed by atoms with Crippen LogP contribution >= 0.6 is 15.9 Å². The standard InChI is InChI=1S/C14H14BrNO3/c15-10-6-11-13(19-7-14(18)16-11)5-9(10)12(17)4-8-2-1-3-8/h5-6,8H,1-4,7H2,(H,16,18). The molecule has 1 N–H and O–H groups in total. The second-order valence-corrected chi connectivity index (χ2v) is 5.94. The third-order valence-corrected chi connectivity index (χ3v) is 4.36. The summed E-state index contributed by atoms with van der Waals surface area (Å²) in [6, 6.07) is 3.46. The predicted octanol–water partition coefficient (Wildman–Crippen LogP) is 3.15. The van der Waals surface area contributed by atoms with Gasteiger partial charge in [0, 0.05) is 16.5 Å². The zero-order valence-electron chi connectivity index (χ0n) is 10.4. The molecule has 4 nitrogen and oxygen atoms in total. The summed E-state index contributed by atoms with van der Waals surface area (Å²) >= 11 is 3.40. The molecule has 0 radical (unpaired) electrons. The largest absolute Gasteiger partial charge is 0.482 e. The molecule has 0 atom stereocenters. The lowest BCUT2D eigenvalue weighted by Crippen LogP contribution is -2.25. The summed E-state index contributed by atoms with van der Waals surface area (Å²) in [6.45, 7) is 0.00485. The van der Waals surface area contributed by atoms with Crippen molar-refractivity contribution in [2.24, 2.45) is 5.92 Å². The molecule has 1 heterocycles. The molecule has 1 aliphatic heterocycles. The van der Waals surface area contributed by atoms with Crippen molar-refractivity contribution in [3.8, 4) is 5.75 Å². The number of hydrogen-bond acceptors (Lipinski definition) is 3. The smallest absolute Gasteiger partial charge is 0.262 e. The number of Topliss-reactive ketones (excluding diaryl/α,β-unsaturated/α-hetero) is 1. The van der Waals surface area contributed by atoms with Gasteiger partial charge in [-0.15, -0.1) is 0 Å². The van der Waals surface area contributed by atoms with Gasteiger partial charge in [-0.3, -0.25) is 9.59 Å². The number of amides is 1. The van der Waals surface area contributed by atoms with Crippen LogP contribution in [0.5, 0.6) is 5.75 Å². The maximum atomic E-state index is 12.2. The minimum absolute atomic E-state index is 0.00485. The normalized spacial score (nSPS) is 18.1. The lowest BCUT2D eigenvalue weighted by molar-refractivity contribution is -0.118. The maximum Gasteiger partial charge on any atom is 0.262 e. The minimum Gasteiger partial charge on any atom is -0.482 e. The molecule has 0 unspecified atom stereocenters. The molecule has 1 saturated carbocycles. The molecular weight excluding hydrogens is 310 g/mol. The minimum atomic E-state index is -0.173. The Morgan fingerprint density at radius 3 is 2.89 bits per heavy atom. The molecule has 3 rings (SSSR count). The topological polar surface area (TPSA) is 55.4 Å². The highest BCUT2D eigenvalue weighted by Crippen LogP contribution is 2.36. The molecule has 1 aromatic carbocycles. The molecule has 0 aromatic heterocycles. The fourth-order valence-corrected chi connectivity index (χ4v) is 2.95. The Bertz CT molecular complexity index is 552. The van der Waals surface area contributed by atoms with Crippen molar-refractivity contribution >= 4 is 33.3 Å². The van der Waals surface area contributed by atoms with Crippen molar-refractivity contribution in [2.75, 3.05) is 11.9 Å². The molecular formula is C14H14BrNO3. The molecule has 1 aromatic rings. The predicted molar refractivity (Wildman–Crippen MR) is 74.6 cm³/mol. The van der Waals surface area contributed by atoms with Crippen LogP contribution < -0.4 is 10.1 Å². The second kappa shape index (κ2) is 4.96. The maximum absolute atomic E-state index is 12.2. The number of benzene rings is 1. The van der Waals surface area contributed by atoms with E-state index in [1.54, 1.807) is 12.1 Å². The quantitative estimate of drug-likeness (QED) is 0.869. The molecule has 1 aliphatic carbocycles. The summed E-state index contributed by atoms with van der Waals surface area (Å²) in [7, 11) is 0. The van der Waals surface area contributed by atoms with Crippen molar-refractivity contribution in [2.45, 2.75) is 25.7 Å². The number of ketones is 1. The van der Waals surface area contributed by atoms with Crippen molar-refractivity contribution in [3.63, 3.8) is 0 Å². The first-order chi connectivity index (χ1) is 9.13. The van der Waals surface area contributed by atoms with Crippen LogP contribution in [0, 0.1) is 5.92 Å². The highest BCUT2D eigenvalue weighted by atomic mass is 79.9. The summed E-state index contributed by atoms with van der Waals surface area (Å²) < 4.78 is 6.05. The Morgan fingerprint density at radius 1 is 1.42 bits per heavy atom. The van der Waals surface area contributed by atoms with Crippen LogP contribution in [0.1, 0.15) is 36.0 Å². The van der Waals surface area contributed by atoms with Gasteiger partial charge in [0.05, 0.1) is 5.69 Å². The third-order valence-electron chi connectivity index (χ3n) is 3.70. The van der Waals surface area contributed by atoms with Crippen molar-refractivity contribution < 1.29 is 14.3 Å². The number of anilines is 1. The van der Waals surface area contributed by atoms with Crippen molar-refractivity contribution in [1.29, 1.82) is 0 Å². The summed E-state index contributed by atoms with van der Waals surface area (Å²) in [4.78, 5) is 23.5. The summed E-state index contributed by atoms with van der Waals surface area (Å²) in [5.41, 5.74) is 1.25. The van der Waals surface area contributed by atoms with Gasteiger partial charge in [0.1, 0.15) is 5.75 Å². The Kier molecular flexibility index (Phi) is 3.31. The van der Waals surface area contributed by atoms with E-state index in [1.807, 2.05) is 0 Å². The average molecular weight is 324 g/mol. The SMILES string of the molecule is O=C1COc2cc(C(=O)CC3CCC3)c(Br)cc2N1. The van der Waals surface area contributed by atoms with Gasteiger partial charge in [0.2, 0.25) is 0 Å². The van der Waals surface area contributed by atoms with Crippen LogP contribution in [-0.2, 0) is 4.79 Å². The zero-order valence-corrected chi connectivity index (χ0v) is 12.0. The Hall–Kier alpha value is -1.36. The Balaban J connectivity index is 1.85. The molecule has 19 heavy (non-hydrogen) atoms. The fraction of sp³-hybridized carbons (Fsp3) is 0.429. The molecule has 0 bridgehead atoms. The van der Waals surface area contributed by atoms with E-state index in [1.165, 1.54) is 6.42 Å². The first kappa shape index (κ1) is 12.7. The van der Waals surface area contributed by atoms with E-state index in [9.17, 15) is 9.59 Å². The van der Waals surface area contributed by atoms with Gasteiger partial charge in [0.25, 0.3) is 5.91 Å². The number of nitrogens with one attached hydrogen (secondary N) is 1. The van der Waals surface area contributed by atoms with Crippen molar-refractivity contribution in [1.82, 2.24) is 0 Å². The number of ether oxygens (including phenoxy) is 1. The highest BCUT2D eigenvalue weighted by molar-refractivity contribution is 9.10. The monoisotopic (exact) mass is 323 g/mol. The highest BCUT2D eigenvalue weighted by Gasteiger charge is 2.24. The summed E-state index contributed by atoms with van der Waals surface area (Å²) in [5.74, 6) is 1.07. The van der Waals surface area contributed by atoms with E-state index >= 15 is 0 Å². The van der Waals surface area contributed by atoms with Gasteiger partial charge in [-0.05, 0) is 34.0 Å². The number of fused-ring (bicyclic) bond motifs is 1. The fourth-order valence-electron chi connectivity index (χ4n) is 2.38. The second-order valence-electron chi connectivity index (χ2n) is 5.09. The molecule has 0 saturated heterocycles. The van der Waals surface area contributed by atoms with E-state index in [0.717, 1.165) is 12.8 Å². The van der Waals surface area contributed by atoms with Gasteiger partial charge in [-0.2, -0.15) is 0 Å². The van der Waals surface area contributed by atoms with Crippen molar-refractivity contribution in [3.05, 3.63) is 22.2 Å². The van der Waals surface area contributed by atoms with Crippen LogP contribution in [0.25, 0.3) is 0 Å². The first-order valence-electron chi connectivity index (χ1n) is 6.43. The van der Waals surface area contributed by atoms with E-state index in [-0.39, 0.29) is 18.3 Å². The average Bonchev–Trinajstić information content (AvgIpc) is 2.32. The van der Waals surface area contributed by atoms with Gasteiger partial charge in [-0.1, -0.05) is 19.3 Å². The molecule has 1 amide bonds. The molecule has 1 fully saturated rings. The molecule has 100 valence electrons. The lowest BCUT2D eigenvalue weighted by atomic mass is 9.81. The van der Waals surface area contributed by atoms with Crippen LogP contribution in [0.4, 0.5) is 5.69 Å². The Labute approximate surface area is 119 Å². The van der Waals surface area contributed by atoms with Gasteiger partial charge in [-0.25, -0.2) is 0 Å². The molecule has 5 heteroatoms. The molecule has 0 spiro atoms. The summed E-state index contributed by atoms with van der Waals surface area (Å²) in [6.07, 6.45) is 4.14. The van der Waals surface area contributed by atoms with Crippen LogP contribution in [0.3, 0.4) is 0 Å². The van der Waals surface area contributed by atoms with Crippen LogP contribution in [-0.4, -0.2) is 18.3 Å². The summed E-state index contributed by atoms with van der Waals surface area (Å²) in [5, 5.41) is 2.72. The number of halogens is 1. The van der Waals surface area contributed by atoms with E-state index in [0.29, 0.717) is 33.8 Å².